The number of halogens is 1. The summed E-state index contributed by atoms with van der Waals surface area (Å²) in [6.07, 6.45) is 0.791. The first-order valence-corrected chi connectivity index (χ1v) is 5.38. The number of methoxy groups -OCH3 is 2. The van der Waals surface area contributed by atoms with Crippen molar-refractivity contribution >= 4 is 18.4 Å². The molecule has 2 N–H and O–H groups in total. The van der Waals surface area contributed by atoms with Gasteiger partial charge in [0.15, 0.2) is 11.5 Å². The molecule has 18 heavy (non-hydrogen) atoms. The summed E-state index contributed by atoms with van der Waals surface area (Å²) in [5, 5.41) is 12.1. The normalized spacial score (nSPS) is 17.3. The van der Waals surface area contributed by atoms with Crippen LogP contribution < -0.4 is 14.8 Å². The third-order valence-electron chi connectivity index (χ3n) is 2.95. The summed E-state index contributed by atoms with van der Waals surface area (Å²) in [5.74, 6) is 0.316. The number of aliphatic carboxylic acids is 1. The number of hydrogen-bond donors (Lipinski definition) is 2. The second-order valence-corrected chi connectivity index (χ2v) is 3.88. The summed E-state index contributed by atoms with van der Waals surface area (Å²) in [6, 6.07) is 2.92. The van der Waals surface area contributed by atoms with Crippen molar-refractivity contribution in [1.82, 2.24) is 5.32 Å². The molecule has 0 fully saturated rings. The van der Waals surface area contributed by atoms with Crippen LogP contribution in [0.4, 0.5) is 0 Å². The third kappa shape index (κ3) is 2.52. The number of benzene rings is 1. The Bertz CT molecular complexity index is 450. The molecule has 1 aliphatic heterocycles. The van der Waals surface area contributed by atoms with Crippen LogP contribution in [-0.2, 0) is 11.2 Å². The van der Waals surface area contributed by atoms with Crippen molar-refractivity contribution < 1.29 is 19.4 Å². The lowest BCUT2D eigenvalue weighted by Gasteiger charge is -2.25. The number of nitrogens with one attached hydrogen (secondary N) is 1. The maximum atomic E-state index is 11.1. The minimum absolute atomic E-state index is 0. The average Bonchev–Trinajstić information content (AvgIpc) is 2.35. The summed E-state index contributed by atoms with van der Waals surface area (Å²) < 4.78 is 10.4. The second kappa shape index (κ2) is 5.93. The van der Waals surface area contributed by atoms with Gasteiger partial charge in [-0.1, -0.05) is 0 Å². The predicted octanol–water partition coefficient (Wildman–Crippen LogP) is 1.40. The molecular weight excluding hydrogens is 258 g/mol. The van der Waals surface area contributed by atoms with Crippen LogP contribution in [0.5, 0.6) is 11.5 Å². The third-order valence-corrected chi connectivity index (χ3v) is 2.95. The van der Waals surface area contributed by atoms with Crippen molar-refractivity contribution in [3.8, 4) is 11.5 Å². The first-order chi connectivity index (χ1) is 8.17. The van der Waals surface area contributed by atoms with Crippen molar-refractivity contribution in [3.05, 3.63) is 23.3 Å². The Balaban J connectivity index is 0.00000162. The van der Waals surface area contributed by atoms with Gasteiger partial charge in [-0.3, -0.25) is 4.79 Å². The van der Waals surface area contributed by atoms with E-state index in [2.05, 4.69) is 5.32 Å². The summed E-state index contributed by atoms with van der Waals surface area (Å²) in [6.45, 7) is 0.652. The van der Waals surface area contributed by atoms with E-state index in [9.17, 15) is 4.79 Å². The molecule has 0 saturated heterocycles. The van der Waals surface area contributed by atoms with Crippen molar-refractivity contribution in [1.29, 1.82) is 0 Å². The van der Waals surface area contributed by atoms with Crippen molar-refractivity contribution in [2.24, 2.45) is 0 Å². The van der Waals surface area contributed by atoms with Crippen LogP contribution in [0, 0.1) is 0 Å². The van der Waals surface area contributed by atoms with Gasteiger partial charge in [-0.05, 0) is 29.7 Å². The smallest absolute Gasteiger partial charge is 0.325 e. The van der Waals surface area contributed by atoms with Gasteiger partial charge < -0.3 is 19.9 Å². The molecule has 6 heteroatoms. The molecule has 0 aliphatic carbocycles. The Kier molecular flexibility index (Phi) is 4.81. The van der Waals surface area contributed by atoms with E-state index < -0.39 is 12.0 Å². The molecule has 0 bridgehead atoms. The zero-order chi connectivity index (χ0) is 12.4. The van der Waals surface area contributed by atoms with Crippen LogP contribution in [0.2, 0.25) is 0 Å². The highest BCUT2D eigenvalue weighted by atomic mass is 35.5. The van der Waals surface area contributed by atoms with Crippen LogP contribution >= 0.6 is 12.4 Å². The molecule has 0 aromatic heterocycles. The molecule has 1 heterocycles. The zero-order valence-electron chi connectivity index (χ0n) is 10.2. The van der Waals surface area contributed by atoms with Crippen LogP contribution in [0.3, 0.4) is 0 Å². The Morgan fingerprint density at radius 2 is 1.94 bits per heavy atom. The van der Waals surface area contributed by atoms with Gasteiger partial charge in [0.05, 0.1) is 14.2 Å². The Labute approximate surface area is 112 Å². The lowest BCUT2D eigenvalue weighted by molar-refractivity contribution is -0.139. The number of ether oxygens (including phenoxy) is 2. The quantitative estimate of drug-likeness (QED) is 0.871. The minimum Gasteiger partial charge on any atom is -0.493 e. The summed E-state index contributed by atoms with van der Waals surface area (Å²) in [4.78, 5) is 11.1. The topological polar surface area (TPSA) is 67.8 Å². The number of hydrogen-bond acceptors (Lipinski definition) is 4. The number of carboxylic acids is 1. The van der Waals surface area contributed by atoms with Gasteiger partial charge in [0, 0.05) is 6.54 Å². The Morgan fingerprint density at radius 3 is 2.50 bits per heavy atom. The second-order valence-electron chi connectivity index (χ2n) is 3.88. The highest BCUT2D eigenvalue weighted by molar-refractivity contribution is 5.85. The van der Waals surface area contributed by atoms with Crippen molar-refractivity contribution in [3.63, 3.8) is 0 Å². The van der Waals surface area contributed by atoms with Gasteiger partial charge in [-0.15, -0.1) is 12.4 Å². The van der Waals surface area contributed by atoms with Gasteiger partial charge >= 0.3 is 5.97 Å². The maximum absolute atomic E-state index is 11.1. The van der Waals surface area contributed by atoms with E-state index in [1.54, 1.807) is 13.2 Å². The molecule has 0 spiro atoms. The first kappa shape index (κ1) is 14.6. The van der Waals surface area contributed by atoms with E-state index in [4.69, 9.17) is 14.6 Å². The summed E-state index contributed by atoms with van der Waals surface area (Å²) >= 11 is 0. The predicted molar refractivity (Wildman–Crippen MR) is 68.9 cm³/mol. The molecule has 1 atom stereocenters. The van der Waals surface area contributed by atoms with Gasteiger partial charge in [0.25, 0.3) is 0 Å². The zero-order valence-corrected chi connectivity index (χ0v) is 11.0. The standard InChI is InChI=1S/C12H15NO4.ClH/c1-16-9-5-7-3-4-13-11(12(14)15)8(7)6-10(9)17-2;/h5-6,11,13H,3-4H2,1-2H3,(H,14,15);1H. The molecule has 0 saturated carbocycles. The number of rotatable bonds is 3. The van der Waals surface area contributed by atoms with Crippen LogP contribution in [0.25, 0.3) is 0 Å². The Morgan fingerprint density at radius 1 is 1.33 bits per heavy atom. The van der Waals surface area contributed by atoms with Crippen molar-refractivity contribution in [2.75, 3.05) is 20.8 Å². The van der Waals surface area contributed by atoms with Crippen LogP contribution in [0.15, 0.2) is 12.1 Å². The fourth-order valence-electron chi connectivity index (χ4n) is 2.10. The largest absolute Gasteiger partial charge is 0.493 e. The molecule has 1 aromatic carbocycles. The molecule has 100 valence electrons. The summed E-state index contributed by atoms with van der Waals surface area (Å²) in [5.41, 5.74) is 1.75. The van der Waals surface area contributed by atoms with E-state index in [0.29, 0.717) is 18.0 Å². The lowest BCUT2D eigenvalue weighted by Crippen LogP contribution is -2.35. The highest BCUT2D eigenvalue weighted by Crippen LogP contribution is 2.35. The Hall–Kier alpha value is -1.46. The maximum Gasteiger partial charge on any atom is 0.325 e. The number of fused-ring (bicyclic) bond motifs is 1. The van der Waals surface area contributed by atoms with E-state index in [1.807, 2.05) is 6.07 Å². The SMILES string of the molecule is COc1cc2c(cc1OC)C(C(=O)O)NCC2.Cl. The number of carbonyl (C=O) groups is 1. The van der Waals surface area contributed by atoms with Gasteiger partial charge in [-0.25, -0.2) is 0 Å². The average molecular weight is 274 g/mol. The monoisotopic (exact) mass is 273 g/mol. The lowest BCUT2D eigenvalue weighted by atomic mass is 9.93. The molecule has 2 rings (SSSR count). The first-order valence-electron chi connectivity index (χ1n) is 5.38. The molecule has 1 aliphatic rings. The molecule has 5 nitrogen and oxygen atoms in total. The minimum atomic E-state index is -0.877. The fourth-order valence-corrected chi connectivity index (χ4v) is 2.10. The summed E-state index contributed by atoms with van der Waals surface area (Å²) in [7, 11) is 3.11. The van der Waals surface area contributed by atoms with Crippen LogP contribution in [0.1, 0.15) is 17.2 Å². The highest BCUT2D eigenvalue weighted by Gasteiger charge is 2.27. The van der Waals surface area contributed by atoms with E-state index in [1.165, 1.54) is 7.11 Å². The molecule has 1 aromatic rings. The van der Waals surface area contributed by atoms with E-state index in [-0.39, 0.29) is 12.4 Å². The van der Waals surface area contributed by atoms with Crippen molar-refractivity contribution in [2.45, 2.75) is 12.5 Å². The molecule has 0 radical (unpaired) electrons. The number of carboxylic acid groups (broad SMARTS) is 1. The van der Waals surface area contributed by atoms with Gasteiger partial charge in [0.2, 0.25) is 0 Å². The van der Waals surface area contributed by atoms with Crippen LogP contribution in [-0.4, -0.2) is 31.8 Å². The fraction of sp³-hybridized carbons (Fsp3) is 0.417. The molecule has 0 amide bonds. The van der Waals surface area contributed by atoms with E-state index >= 15 is 0 Å². The van der Waals surface area contributed by atoms with Gasteiger partial charge in [0.1, 0.15) is 6.04 Å². The van der Waals surface area contributed by atoms with E-state index in [0.717, 1.165) is 17.5 Å². The van der Waals surface area contributed by atoms with Gasteiger partial charge in [-0.2, -0.15) is 0 Å². The molecule has 1 unspecified atom stereocenters. The molecular formula is C12H16ClNO4.